The van der Waals surface area contributed by atoms with Crippen LogP contribution in [0.2, 0.25) is 0 Å². The van der Waals surface area contributed by atoms with Crippen molar-refractivity contribution in [3.63, 3.8) is 0 Å². The molecule has 5 nitrogen and oxygen atoms in total. The maximum absolute atomic E-state index is 12.3. The number of amides is 1. The van der Waals surface area contributed by atoms with Gasteiger partial charge in [-0.25, -0.2) is 0 Å². The van der Waals surface area contributed by atoms with E-state index in [0.29, 0.717) is 4.88 Å². The number of nitrogens with zero attached hydrogens (tertiary/aromatic N) is 1. The summed E-state index contributed by atoms with van der Waals surface area (Å²) in [6, 6.07) is 3.64. The third kappa shape index (κ3) is 3.58. The van der Waals surface area contributed by atoms with E-state index >= 15 is 0 Å². The minimum Gasteiger partial charge on any atom is -0.469 e. The number of hydrogen-bond donors (Lipinski definition) is 1. The average Bonchev–Trinajstić information content (AvgIpc) is 2.96. The zero-order chi connectivity index (χ0) is 14.6. The van der Waals surface area contributed by atoms with Gasteiger partial charge in [0.25, 0.3) is 5.91 Å². The van der Waals surface area contributed by atoms with E-state index in [0.717, 1.165) is 25.9 Å². The van der Waals surface area contributed by atoms with Gasteiger partial charge in [-0.3, -0.25) is 9.59 Å². The first-order chi connectivity index (χ1) is 9.54. The molecule has 0 bridgehead atoms. The minimum absolute atomic E-state index is 0.103. The molecule has 0 saturated carbocycles. The van der Waals surface area contributed by atoms with E-state index in [9.17, 15) is 9.59 Å². The van der Waals surface area contributed by atoms with Gasteiger partial charge in [0.2, 0.25) is 0 Å². The number of hydrogen-bond acceptors (Lipinski definition) is 5. The Morgan fingerprint density at radius 3 is 2.70 bits per heavy atom. The zero-order valence-electron chi connectivity index (χ0n) is 11.8. The lowest BCUT2D eigenvalue weighted by Gasteiger charge is -2.40. The zero-order valence-corrected chi connectivity index (χ0v) is 12.7. The second-order valence-corrected chi connectivity index (χ2v) is 6.22. The average molecular weight is 296 g/mol. The Kier molecular flexibility index (Phi) is 4.77. The number of thiophene rings is 1. The van der Waals surface area contributed by atoms with Gasteiger partial charge < -0.3 is 15.0 Å². The maximum atomic E-state index is 12.3. The Hall–Kier alpha value is -1.40. The number of rotatable bonds is 4. The van der Waals surface area contributed by atoms with Crippen LogP contribution in [0.4, 0.5) is 0 Å². The van der Waals surface area contributed by atoms with Gasteiger partial charge in [-0.2, -0.15) is 0 Å². The summed E-state index contributed by atoms with van der Waals surface area (Å²) in [4.78, 5) is 26.8. The van der Waals surface area contributed by atoms with Gasteiger partial charge in [0.1, 0.15) is 0 Å². The van der Waals surface area contributed by atoms with E-state index in [-0.39, 0.29) is 18.3 Å². The summed E-state index contributed by atoms with van der Waals surface area (Å²) in [5.41, 5.74) is -0.485. The van der Waals surface area contributed by atoms with Gasteiger partial charge in [0.15, 0.2) is 0 Å². The largest absolute Gasteiger partial charge is 0.469 e. The first-order valence-electron chi connectivity index (χ1n) is 6.66. The molecule has 0 aromatic carbocycles. The number of methoxy groups -OCH3 is 1. The molecule has 2 heterocycles. The molecule has 1 amide bonds. The number of nitrogens with one attached hydrogen (secondary N) is 1. The van der Waals surface area contributed by atoms with Crippen LogP contribution in [0, 0.1) is 0 Å². The van der Waals surface area contributed by atoms with Gasteiger partial charge in [-0.05, 0) is 31.3 Å². The number of carbonyl (C=O) groups excluding carboxylic acids is 2. The van der Waals surface area contributed by atoms with Gasteiger partial charge in [0.05, 0.1) is 23.9 Å². The monoisotopic (exact) mass is 296 g/mol. The standard InChI is InChI=1S/C14H20N2O3S/c1-16-7-5-14(6-8-16,10-12(17)19-2)15-13(18)11-4-3-9-20-11/h3-4,9H,5-8,10H2,1-2H3,(H,15,18). The molecule has 0 aliphatic carbocycles. The highest BCUT2D eigenvalue weighted by atomic mass is 32.1. The highest BCUT2D eigenvalue weighted by molar-refractivity contribution is 7.12. The Bertz CT molecular complexity index is 465. The lowest BCUT2D eigenvalue weighted by molar-refractivity contribution is -0.142. The van der Waals surface area contributed by atoms with Gasteiger partial charge in [-0.1, -0.05) is 6.07 Å². The number of esters is 1. The van der Waals surface area contributed by atoms with Crippen molar-refractivity contribution in [2.45, 2.75) is 24.8 Å². The first-order valence-corrected chi connectivity index (χ1v) is 7.54. The molecule has 0 spiro atoms. The topological polar surface area (TPSA) is 58.6 Å². The molecule has 1 N–H and O–H groups in total. The SMILES string of the molecule is COC(=O)CC1(NC(=O)c2cccs2)CCN(C)CC1. The van der Waals surface area contributed by atoms with Gasteiger partial charge in [0, 0.05) is 13.1 Å². The van der Waals surface area contributed by atoms with Crippen LogP contribution in [0.15, 0.2) is 17.5 Å². The van der Waals surface area contributed by atoms with E-state index < -0.39 is 5.54 Å². The molecule has 110 valence electrons. The van der Waals surface area contributed by atoms with Crippen molar-refractivity contribution in [2.24, 2.45) is 0 Å². The van der Waals surface area contributed by atoms with Crippen LogP contribution in [-0.4, -0.2) is 49.6 Å². The summed E-state index contributed by atoms with van der Waals surface area (Å²) in [6.45, 7) is 1.73. The summed E-state index contributed by atoms with van der Waals surface area (Å²) in [6.07, 6.45) is 1.75. The molecule has 6 heteroatoms. The normalized spacial score (nSPS) is 18.5. The van der Waals surface area contributed by atoms with E-state index in [1.807, 2.05) is 18.5 Å². The third-order valence-corrected chi connectivity index (χ3v) is 4.65. The highest BCUT2D eigenvalue weighted by Crippen LogP contribution is 2.26. The Labute approximate surface area is 122 Å². The Morgan fingerprint density at radius 1 is 1.45 bits per heavy atom. The molecule has 1 aromatic heterocycles. The van der Waals surface area contributed by atoms with Crippen molar-refractivity contribution in [3.05, 3.63) is 22.4 Å². The fraction of sp³-hybridized carbons (Fsp3) is 0.571. The molecule has 1 aliphatic heterocycles. The van der Waals surface area contributed by atoms with Crippen molar-refractivity contribution in [2.75, 3.05) is 27.2 Å². The van der Waals surface area contributed by atoms with Crippen LogP contribution >= 0.6 is 11.3 Å². The summed E-state index contributed by atoms with van der Waals surface area (Å²) in [7, 11) is 3.43. The maximum Gasteiger partial charge on any atom is 0.307 e. The van der Waals surface area contributed by atoms with Crippen molar-refractivity contribution < 1.29 is 14.3 Å². The van der Waals surface area contributed by atoms with Gasteiger partial charge >= 0.3 is 5.97 Å². The van der Waals surface area contributed by atoms with Crippen molar-refractivity contribution >= 4 is 23.2 Å². The summed E-state index contributed by atoms with van der Waals surface area (Å²) in [5, 5.41) is 4.94. The molecule has 20 heavy (non-hydrogen) atoms. The van der Waals surface area contributed by atoms with Crippen LogP contribution in [0.25, 0.3) is 0 Å². The van der Waals surface area contributed by atoms with Crippen LogP contribution in [0.1, 0.15) is 28.9 Å². The van der Waals surface area contributed by atoms with Crippen LogP contribution in [0.3, 0.4) is 0 Å². The van der Waals surface area contributed by atoms with Gasteiger partial charge in [-0.15, -0.1) is 11.3 Å². The number of piperidine rings is 1. The van der Waals surface area contributed by atoms with Crippen LogP contribution in [-0.2, 0) is 9.53 Å². The summed E-state index contributed by atoms with van der Waals surface area (Å²) < 4.78 is 4.78. The van der Waals surface area contributed by atoms with E-state index in [1.54, 1.807) is 6.07 Å². The summed E-state index contributed by atoms with van der Waals surface area (Å²) >= 11 is 1.40. The minimum atomic E-state index is -0.485. The lowest BCUT2D eigenvalue weighted by atomic mass is 9.84. The molecule has 1 aromatic rings. The van der Waals surface area contributed by atoms with Crippen LogP contribution < -0.4 is 5.32 Å². The lowest BCUT2D eigenvalue weighted by Crippen LogP contribution is -2.55. The van der Waals surface area contributed by atoms with E-state index in [2.05, 4.69) is 10.2 Å². The smallest absolute Gasteiger partial charge is 0.307 e. The van der Waals surface area contributed by atoms with Crippen molar-refractivity contribution in [1.29, 1.82) is 0 Å². The van der Waals surface area contributed by atoms with Crippen molar-refractivity contribution in [3.8, 4) is 0 Å². The molecule has 1 saturated heterocycles. The predicted octanol–water partition coefficient (Wildman–Crippen LogP) is 1.51. The molecule has 2 rings (SSSR count). The second-order valence-electron chi connectivity index (χ2n) is 5.27. The molecule has 1 aliphatic rings. The predicted molar refractivity (Wildman–Crippen MR) is 77.9 cm³/mol. The number of carbonyl (C=O) groups is 2. The molecular formula is C14H20N2O3S. The molecule has 0 radical (unpaired) electrons. The second kappa shape index (κ2) is 6.37. The fourth-order valence-electron chi connectivity index (χ4n) is 2.45. The summed E-state index contributed by atoms with van der Waals surface area (Å²) in [5.74, 6) is -0.380. The molecule has 0 atom stereocenters. The molecular weight excluding hydrogens is 276 g/mol. The Balaban J connectivity index is 2.10. The number of ether oxygens (including phenoxy) is 1. The quantitative estimate of drug-likeness (QED) is 0.856. The van der Waals surface area contributed by atoms with Crippen LogP contribution in [0.5, 0.6) is 0 Å². The fourth-order valence-corrected chi connectivity index (χ4v) is 3.07. The molecule has 1 fully saturated rings. The first kappa shape index (κ1) is 15.0. The third-order valence-electron chi connectivity index (χ3n) is 3.78. The van der Waals surface area contributed by atoms with E-state index in [4.69, 9.17) is 4.74 Å². The Morgan fingerprint density at radius 2 is 2.15 bits per heavy atom. The number of likely N-dealkylation sites (tertiary alicyclic amines) is 1. The molecule has 0 unspecified atom stereocenters. The van der Waals surface area contributed by atoms with E-state index in [1.165, 1.54) is 18.4 Å². The highest BCUT2D eigenvalue weighted by Gasteiger charge is 2.37. The van der Waals surface area contributed by atoms with Crippen molar-refractivity contribution in [1.82, 2.24) is 10.2 Å².